The van der Waals surface area contributed by atoms with Crippen LogP contribution in [0.3, 0.4) is 0 Å². The average Bonchev–Trinajstić information content (AvgIpc) is 2.15. The second kappa shape index (κ2) is 4.54. The first kappa shape index (κ1) is 8.78. The van der Waals surface area contributed by atoms with Gasteiger partial charge in [0.1, 0.15) is 7.11 Å². The van der Waals surface area contributed by atoms with E-state index in [1.807, 2.05) is 12.1 Å². The van der Waals surface area contributed by atoms with Crippen LogP contribution in [0.4, 0.5) is 0 Å². The zero-order valence-corrected chi connectivity index (χ0v) is 7.45. The van der Waals surface area contributed by atoms with Crippen LogP contribution in [-0.4, -0.2) is 13.3 Å². The van der Waals surface area contributed by atoms with E-state index >= 15 is 0 Å². The Morgan fingerprint density at radius 2 is 2.00 bits per heavy atom. The van der Waals surface area contributed by atoms with Crippen molar-refractivity contribution >= 4 is 6.21 Å². The Morgan fingerprint density at radius 3 is 2.50 bits per heavy atom. The van der Waals surface area contributed by atoms with Crippen molar-refractivity contribution < 1.29 is 4.84 Å². The highest BCUT2D eigenvalue weighted by molar-refractivity contribution is 5.79. The topological polar surface area (TPSA) is 21.6 Å². The summed E-state index contributed by atoms with van der Waals surface area (Å²) in [4.78, 5) is 4.57. The van der Waals surface area contributed by atoms with Crippen LogP contribution in [0.1, 0.15) is 18.1 Å². The normalized spacial score (nSPS) is 10.5. The van der Waals surface area contributed by atoms with Crippen LogP contribution in [0.25, 0.3) is 0 Å². The molecule has 1 aromatic carbocycles. The Bertz CT molecular complexity index is 251. The molecule has 0 atom stereocenters. The Kier molecular flexibility index (Phi) is 3.33. The number of rotatable bonds is 3. The van der Waals surface area contributed by atoms with E-state index in [0.717, 1.165) is 12.0 Å². The van der Waals surface area contributed by atoms with Gasteiger partial charge in [-0.25, -0.2) is 0 Å². The fourth-order valence-electron chi connectivity index (χ4n) is 0.953. The molecule has 64 valence electrons. The molecule has 0 spiro atoms. The number of oxime groups is 1. The third kappa shape index (κ3) is 2.38. The van der Waals surface area contributed by atoms with E-state index in [4.69, 9.17) is 0 Å². The Balaban J connectivity index is 2.71. The SMILES string of the molecule is CCc1ccc(/C=N/OC)cc1. The summed E-state index contributed by atoms with van der Waals surface area (Å²) in [7, 11) is 1.54. The predicted octanol–water partition coefficient (Wildman–Crippen LogP) is 2.23. The summed E-state index contributed by atoms with van der Waals surface area (Å²) in [6.07, 6.45) is 2.77. The van der Waals surface area contributed by atoms with E-state index < -0.39 is 0 Å². The minimum absolute atomic E-state index is 1.06. The molecule has 0 saturated carbocycles. The van der Waals surface area contributed by atoms with Gasteiger partial charge in [0.05, 0.1) is 6.21 Å². The lowest BCUT2D eigenvalue weighted by atomic mass is 10.1. The lowest BCUT2D eigenvalue weighted by Crippen LogP contribution is -1.83. The quantitative estimate of drug-likeness (QED) is 0.494. The molecule has 0 aliphatic heterocycles. The van der Waals surface area contributed by atoms with Gasteiger partial charge in [-0.3, -0.25) is 0 Å². The molecule has 0 amide bonds. The summed E-state index contributed by atoms with van der Waals surface area (Å²) < 4.78 is 0. The summed E-state index contributed by atoms with van der Waals surface area (Å²) >= 11 is 0. The zero-order chi connectivity index (χ0) is 8.81. The molecule has 0 radical (unpaired) electrons. The van der Waals surface area contributed by atoms with Crippen LogP contribution in [0.15, 0.2) is 29.4 Å². The number of aryl methyl sites for hydroxylation is 1. The molecule has 0 aliphatic rings. The van der Waals surface area contributed by atoms with Crippen LogP contribution in [0, 0.1) is 0 Å². The van der Waals surface area contributed by atoms with Crippen LogP contribution in [-0.2, 0) is 11.3 Å². The maximum atomic E-state index is 4.57. The van der Waals surface area contributed by atoms with Crippen molar-refractivity contribution in [3.05, 3.63) is 35.4 Å². The van der Waals surface area contributed by atoms with Crippen LogP contribution in [0.5, 0.6) is 0 Å². The predicted molar refractivity (Wildman–Crippen MR) is 50.4 cm³/mol. The maximum Gasteiger partial charge on any atom is 0.106 e. The molecule has 1 aromatic rings. The monoisotopic (exact) mass is 163 g/mol. The maximum absolute atomic E-state index is 4.57. The van der Waals surface area contributed by atoms with Gasteiger partial charge in [-0.2, -0.15) is 0 Å². The number of hydrogen-bond acceptors (Lipinski definition) is 2. The first-order chi connectivity index (χ1) is 5.86. The molecule has 0 N–H and O–H groups in total. The summed E-state index contributed by atoms with van der Waals surface area (Å²) in [6.45, 7) is 2.14. The molecule has 2 nitrogen and oxygen atoms in total. The Hall–Kier alpha value is -1.31. The van der Waals surface area contributed by atoms with Gasteiger partial charge >= 0.3 is 0 Å². The highest BCUT2D eigenvalue weighted by atomic mass is 16.6. The lowest BCUT2D eigenvalue weighted by Gasteiger charge is -1.95. The minimum atomic E-state index is 1.06. The van der Waals surface area contributed by atoms with Crippen molar-refractivity contribution in [3.63, 3.8) is 0 Å². The van der Waals surface area contributed by atoms with E-state index in [9.17, 15) is 0 Å². The molecule has 0 unspecified atom stereocenters. The first-order valence-electron chi connectivity index (χ1n) is 4.02. The third-order valence-electron chi connectivity index (χ3n) is 1.70. The summed E-state index contributed by atoms with van der Waals surface area (Å²) in [5.41, 5.74) is 2.40. The molecular formula is C10H13NO. The zero-order valence-electron chi connectivity index (χ0n) is 7.45. The van der Waals surface area contributed by atoms with Gasteiger partial charge < -0.3 is 4.84 Å². The molecule has 2 heteroatoms. The number of hydrogen-bond donors (Lipinski definition) is 0. The van der Waals surface area contributed by atoms with Gasteiger partial charge in [-0.05, 0) is 17.5 Å². The molecule has 0 fully saturated rings. The van der Waals surface area contributed by atoms with Crippen molar-refractivity contribution in [2.75, 3.05) is 7.11 Å². The standard InChI is InChI=1S/C10H13NO/c1-3-9-4-6-10(7-5-9)8-11-12-2/h4-8H,3H2,1-2H3/b11-8+. The number of benzene rings is 1. The Labute approximate surface area is 72.9 Å². The van der Waals surface area contributed by atoms with E-state index in [0.29, 0.717) is 0 Å². The molecule has 1 rings (SSSR count). The number of nitrogens with zero attached hydrogens (tertiary/aromatic N) is 1. The van der Waals surface area contributed by atoms with Gasteiger partial charge in [-0.1, -0.05) is 36.3 Å². The van der Waals surface area contributed by atoms with Crippen molar-refractivity contribution in [1.82, 2.24) is 0 Å². The van der Waals surface area contributed by atoms with Crippen LogP contribution >= 0.6 is 0 Å². The third-order valence-corrected chi connectivity index (χ3v) is 1.70. The molecule has 0 aliphatic carbocycles. The Morgan fingerprint density at radius 1 is 1.33 bits per heavy atom. The summed E-state index contributed by atoms with van der Waals surface area (Å²) in [6, 6.07) is 8.25. The van der Waals surface area contributed by atoms with Crippen LogP contribution in [0.2, 0.25) is 0 Å². The minimum Gasteiger partial charge on any atom is -0.399 e. The van der Waals surface area contributed by atoms with E-state index in [-0.39, 0.29) is 0 Å². The average molecular weight is 163 g/mol. The van der Waals surface area contributed by atoms with Gasteiger partial charge in [-0.15, -0.1) is 0 Å². The van der Waals surface area contributed by atoms with Gasteiger partial charge in [0.25, 0.3) is 0 Å². The lowest BCUT2D eigenvalue weighted by molar-refractivity contribution is 0.215. The highest BCUT2D eigenvalue weighted by Crippen LogP contribution is 2.02. The fourth-order valence-corrected chi connectivity index (χ4v) is 0.953. The molecule has 0 heterocycles. The largest absolute Gasteiger partial charge is 0.399 e. The molecule has 0 saturated heterocycles. The molecule has 12 heavy (non-hydrogen) atoms. The van der Waals surface area contributed by atoms with Crippen LogP contribution < -0.4 is 0 Å². The highest BCUT2D eigenvalue weighted by Gasteiger charge is 1.88. The van der Waals surface area contributed by atoms with Gasteiger partial charge in [0.15, 0.2) is 0 Å². The van der Waals surface area contributed by atoms with E-state index in [1.165, 1.54) is 12.7 Å². The second-order valence-corrected chi connectivity index (χ2v) is 2.51. The molecule has 0 bridgehead atoms. The fraction of sp³-hybridized carbons (Fsp3) is 0.300. The van der Waals surface area contributed by atoms with Crippen molar-refractivity contribution in [3.8, 4) is 0 Å². The van der Waals surface area contributed by atoms with Gasteiger partial charge in [0.2, 0.25) is 0 Å². The second-order valence-electron chi connectivity index (χ2n) is 2.51. The van der Waals surface area contributed by atoms with Gasteiger partial charge in [0, 0.05) is 0 Å². The molecular weight excluding hydrogens is 150 g/mol. The molecule has 0 aromatic heterocycles. The van der Waals surface area contributed by atoms with Crippen molar-refractivity contribution in [2.45, 2.75) is 13.3 Å². The van der Waals surface area contributed by atoms with E-state index in [1.54, 1.807) is 6.21 Å². The van der Waals surface area contributed by atoms with E-state index in [2.05, 4.69) is 29.0 Å². The first-order valence-corrected chi connectivity index (χ1v) is 4.02. The van der Waals surface area contributed by atoms with Crippen molar-refractivity contribution in [1.29, 1.82) is 0 Å². The van der Waals surface area contributed by atoms with Crippen molar-refractivity contribution in [2.24, 2.45) is 5.16 Å². The summed E-state index contributed by atoms with van der Waals surface area (Å²) in [5.74, 6) is 0. The smallest absolute Gasteiger partial charge is 0.106 e. The summed E-state index contributed by atoms with van der Waals surface area (Å²) in [5, 5.41) is 3.67.